The first-order chi connectivity index (χ1) is 7.40. The van der Waals surface area contributed by atoms with E-state index in [0.717, 1.165) is 11.6 Å². The van der Waals surface area contributed by atoms with Crippen molar-refractivity contribution < 1.29 is 0 Å². The minimum atomic E-state index is 0.539. The van der Waals surface area contributed by atoms with Crippen LogP contribution in [0.15, 0.2) is 17.6 Å². The molecule has 1 aliphatic heterocycles. The highest BCUT2D eigenvalue weighted by Crippen LogP contribution is 2.45. The number of nitrogens with two attached hydrogens (primary N) is 1. The third-order valence-electron chi connectivity index (χ3n) is 3.62. The van der Waals surface area contributed by atoms with Crippen molar-refractivity contribution in [3.63, 3.8) is 0 Å². The Morgan fingerprint density at radius 3 is 2.93 bits per heavy atom. The molecule has 3 rings (SSSR count). The van der Waals surface area contributed by atoms with Gasteiger partial charge in [0, 0.05) is 16.6 Å². The van der Waals surface area contributed by atoms with Crippen LogP contribution >= 0.6 is 11.3 Å². The summed E-state index contributed by atoms with van der Waals surface area (Å²) >= 11 is 1.87. The monoisotopic (exact) mass is 220 g/mol. The number of thiophene rings is 1. The second kappa shape index (κ2) is 3.56. The van der Waals surface area contributed by atoms with Crippen molar-refractivity contribution in [1.82, 2.24) is 5.32 Å². The van der Waals surface area contributed by atoms with Crippen LogP contribution in [0.5, 0.6) is 0 Å². The molecule has 1 saturated carbocycles. The summed E-state index contributed by atoms with van der Waals surface area (Å²) in [4.78, 5) is 1.50. The van der Waals surface area contributed by atoms with Crippen molar-refractivity contribution in [2.45, 2.75) is 31.7 Å². The summed E-state index contributed by atoms with van der Waals surface area (Å²) in [5, 5.41) is 5.75. The van der Waals surface area contributed by atoms with Crippen LogP contribution in [-0.2, 0) is 0 Å². The zero-order chi connectivity index (χ0) is 10.3. The van der Waals surface area contributed by atoms with Crippen LogP contribution < -0.4 is 11.1 Å². The van der Waals surface area contributed by atoms with Crippen molar-refractivity contribution in [2.24, 2.45) is 11.7 Å². The lowest BCUT2D eigenvalue weighted by Crippen LogP contribution is -2.19. The molecular formula is C12H16N2S. The normalized spacial score (nSPS) is 28.3. The first-order valence-electron chi connectivity index (χ1n) is 5.66. The van der Waals surface area contributed by atoms with Crippen molar-refractivity contribution in [3.05, 3.63) is 28.1 Å². The molecule has 0 amide bonds. The molecule has 80 valence electrons. The molecule has 2 nitrogen and oxygen atoms in total. The topological polar surface area (TPSA) is 38.0 Å². The number of hydrogen-bond acceptors (Lipinski definition) is 3. The summed E-state index contributed by atoms with van der Waals surface area (Å²) in [6, 6.07) is 2.72. The van der Waals surface area contributed by atoms with E-state index in [4.69, 9.17) is 5.73 Å². The van der Waals surface area contributed by atoms with Crippen molar-refractivity contribution in [1.29, 1.82) is 0 Å². The van der Waals surface area contributed by atoms with Gasteiger partial charge in [0.25, 0.3) is 0 Å². The average Bonchev–Trinajstić information content (AvgIpc) is 2.94. The minimum Gasteiger partial charge on any atom is -0.403 e. The molecule has 15 heavy (non-hydrogen) atoms. The van der Waals surface area contributed by atoms with Gasteiger partial charge in [0.2, 0.25) is 0 Å². The van der Waals surface area contributed by atoms with Crippen LogP contribution in [0.2, 0.25) is 0 Å². The Labute approximate surface area is 94.2 Å². The first kappa shape index (κ1) is 9.28. The van der Waals surface area contributed by atoms with Crippen LogP contribution in [-0.4, -0.2) is 0 Å². The molecular weight excluding hydrogens is 204 g/mol. The Balaban J connectivity index is 1.94. The minimum absolute atomic E-state index is 0.539. The molecule has 0 aromatic carbocycles. The largest absolute Gasteiger partial charge is 0.403 e. The maximum absolute atomic E-state index is 5.65. The van der Waals surface area contributed by atoms with Gasteiger partial charge in [-0.25, -0.2) is 0 Å². The fraction of sp³-hybridized carbons (Fsp3) is 0.500. The lowest BCUT2D eigenvalue weighted by atomic mass is 9.98. The maximum Gasteiger partial charge on any atom is 0.0642 e. The van der Waals surface area contributed by atoms with Gasteiger partial charge in [-0.3, -0.25) is 0 Å². The quantitative estimate of drug-likeness (QED) is 0.763. The van der Waals surface area contributed by atoms with E-state index in [9.17, 15) is 0 Å². The summed E-state index contributed by atoms with van der Waals surface area (Å²) in [6.45, 7) is 0. The van der Waals surface area contributed by atoms with E-state index in [0.29, 0.717) is 6.04 Å². The highest BCUT2D eigenvalue weighted by atomic mass is 32.1. The average molecular weight is 220 g/mol. The highest BCUT2D eigenvalue weighted by molar-refractivity contribution is 7.10. The van der Waals surface area contributed by atoms with Gasteiger partial charge in [0.05, 0.1) is 11.7 Å². The van der Waals surface area contributed by atoms with Crippen LogP contribution in [0.3, 0.4) is 0 Å². The van der Waals surface area contributed by atoms with E-state index in [1.54, 1.807) is 6.20 Å². The third kappa shape index (κ3) is 1.37. The zero-order valence-corrected chi connectivity index (χ0v) is 9.52. The van der Waals surface area contributed by atoms with Gasteiger partial charge < -0.3 is 11.1 Å². The van der Waals surface area contributed by atoms with Crippen molar-refractivity contribution in [2.75, 3.05) is 0 Å². The van der Waals surface area contributed by atoms with Crippen LogP contribution in [0.1, 0.15) is 42.2 Å². The SMILES string of the molecule is N/C=C1\NC(C2CCCC2)c2sccc21. The smallest absolute Gasteiger partial charge is 0.0642 e. The fourth-order valence-corrected chi connectivity index (χ4v) is 3.91. The molecule has 1 fully saturated rings. The van der Waals surface area contributed by atoms with Crippen LogP contribution in [0.25, 0.3) is 5.70 Å². The Morgan fingerprint density at radius 1 is 1.40 bits per heavy atom. The second-order valence-electron chi connectivity index (χ2n) is 4.45. The van der Waals surface area contributed by atoms with Gasteiger partial charge in [0.15, 0.2) is 0 Å². The summed E-state index contributed by atoms with van der Waals surface area (Å²) in [6.07, 6.45) is 7.23. The standard InChI is InChI=1S/C12H16N2S/c13-7-10-9-5-6-15-12(9)11(14-10)8-3-1-2-4-8/h5-8,11,14H,1-4,13H2/b10-7-. The first-order valence-corrected chi connectivity index (χ1v) is 6.54. The van der Waals surface area contributed by atoms with Gasteiger partial charge in [0.1, 0.15) is 0 Å². The molecule has 1 aromatic rings. The molecule has 0 saturated heterocycles. The highest BCUT2D eigenvalue weighted by Gasteiger charge is 2.34. The number of hydrogen-bond donors (Lipinski definition) is 2. The maximum atomic E-state index is 5.65. The summed E-state index contributed by atoms with van der Waals surface area (Å²) in [5.74, 6) is 0.819. The predicted octanol–water partition coefficient (Wildman–Crippen LogP) is 2.84. The summed E-state index contributed by atoms with van der Waals surface area (Å²) < 4.78 is 0. The van der Waals surface area contributed by atoms with E-state index in [2.05, 4.69) is 16.8 Å². The summed E-state index contributed by atoms with van der Waals surface area (Å²) in [7, 11) is 0. The molecule has 2 aliphatic rings. The summed E-state index contributed by atoms with van der Waals surface area (Å²) in [5.41, 5.74) is 8.11. The van der Waals surface area contributed by atoms with Crippen LogP contribution in [0.4, 0.5) is 0 Å². The molecule has 3 heteroatoms. The van der Waals surface area contributed by atoms with Crippen molar-refractivity contribution >= 4 is 17.0 Å². The van der Waals surface area contributed by atoms with E-state index >= 15 is 0 Å². The van der Waals surface area contributed by atoms with E-state index in [-0.39, 0.29) is 0 Å². The molecule has 0 spiro atoms. The van der Waals surface area contributed by atoms with E-state index < -0.39 is 0 Å². The molecule has 0 bridgehead atoms. The molecule has 1 unspecified atom stereocenters. The molecule has 0 radical (unpaired) electrons. The van der Waals surface area contributed by atoms with E-state index in [1.807, 2.05) is 11.3 Å². The van der Waals surface area contributed by atoms with Gasteiger partial charge in [-0.1, -0.05) is 12.8 Å². The van der Waals surface area contributed by atoms with E-state index in [1.165, 1.54) is 36.1 Å². The molecule has 1 aromatic heterocycles. The van der Waals surface area contributed by atoms with Crippen molar-refractivity contribution in [3.8, 4) is 0 Å². The molecule has 1 atom stereocenters. The number of rotatable bonds is 1. The van der Waals surface area contributed by atoms with Gasteiger partial charge >= 0.3 is 0 Å². The fourth-order valence-electron chi connectivity index (χ4n) is 2.86. The Morgan fingerprint density at radius 2 is 2.20 bits per heavy atom. The van der Waals surface area contributed by atoms with Crippen LogP contribution in [0, 0.1) is 5.92 Å². The van der Waals surface area contributed by atoms with Gasteiger partial charge in [-0.05, 0) is 30.2 Å². The molecule has 2 heterocycles. The lowest BCUT2D eigenvalue weighted by molar-refractivity contribution is 0.423. The Kier molecular flexibility index (Phi) is 2.20. The van der Waals surface area contributed by atoms with Gasteiger partial charge in [-0.15, -0.1) is 11.3 Å². The predicted molar refractivity (Wildman–Crippen MR) is 64.3 cm³/mol. The second-order valence-corrected chi connectivity index (χ2v) is 5.39. The lowest BCUT2D eigenvalue weighted by Gasteiger charge is -2.19. The Hall–Kier alpha value is -0.960. The Bertz CT molecular complexity index is 388. The third-order valence-corrected chi connectivity index (χ3v) is 4.62. The molecule has 1 aliphatic carbocycles. The van der Waals surface area contributed by atoms with Gasteiger partial charge in [-0.2, -0.15) is 0 Å². The zero-order valence-electron chi connectivity index (χ0n) is 8.70. The molecule has 3 N–H and O–H groups in total. The number of fused-ring (bicyclic) bond motifs is 1. The number of nitrogens with one attached hydrogen (secondary N) is 1.